The molecule has 1 aliphatic heterocycles. The van der Waals surface area contributed by atoms with E-state index in [1.165, 1.54) is 17.5 Å². The molecule has 1 aliphatic rings. The smallest absolute Gasteiger partial charge is 0.150 e. The fourth-order valence-corrected chi connectivity index (χ4v) is 2.54. The van der Waals surface area contributed by atoms with Crippen molar-refractivity contribution in [2.45, 2.75) is 25.7 Å². The van der Waals surface area contributed by atoms with Crippen LogP contribution in [0.25, 0.3) is 0 Å². The van der Waals surface area contributed by atoms with Crippen molar-refractivity contribution in [3.05, 3.63) is 58.8 Å². The number of carbonyl (C=O) groups excluding carboxylic acids is 1. The Hall–Kier alpha value is -2.16. The van der Waals surface area contributed by atoms with Crippen LogP contribution >= 0.6 is 0 Å². The summed E-state index contributed by atoms with van der Waals surface area (Å²) < 4.78 is 0. The first-order chi connectivity index (χ1) is 9.85. The van der Waals surface area contributed by atoms with Crippen molar-refractivity contribution in [3.63, 3.8) is 0 Å². The van der Waals surface area contributed by atoms with Crippen LogP contribution in [0.2, 0.25) is 0 Å². The van der Waals surface area contributed by atoms with Gasteiger partial charge in [0.2, 0.25) is 0 Å². The molecule has 0 atom stereocenters. The lowest BCUT2D eigenvalue weighted by Crippen LogP contribution is -2.14. The highest BCUT2D eigenvalue weighted by molar-refractivity contribution is 5.74. The first kappa shape index (κ1) is 12.9. The molecule has 0 aliphatic carbocycles. The van der Waals surface area contributed by atoms with Gasteiger partial charge in [0, 0.05) is 17.8 Å². The Morgan fingerprint density at radius 2 is 1.95 bits per heavy atom. The monoisotopic (exact) mass is 266 g/mol. The van der Waals surface area contributed by atoms with Gasteiger partial charge in [0.1, 0.15) is 12.1 Å². The molecule has 3 rings (SSSR count). The van der Waals surface area contributed by atoms with Crippen molar-refractivity contribution < 1.29 is 4.79 Å². The molecule has 1 aromatic heterocycles. The number of nitrogens with zero attached hydrogens (tertiary/aromatic N) is 1. The molecule has 0 bridgehead atoms. The average molecular weight is 266 g/mol. The molecular weight excluding hydrogens is 248 g/mol. The summed E-state index contributed by atoms with van der Waals surface area (Å²) in [7, 11) is 0. The van der Waals surface area contributed by atoms with Crippen LogP contribution in [0.4, 0.5) is 5.82 Å². The van der Waals surface area contributed by atoms with Gasteiger partial charge in [0.25, 0.3) is 0 Å². The van der Waals surface area contributed by atoms with Crippen LogP contribution in [0.15, 0.2) is 36.4 Å². The summed E-state index contributed by atoms with van der Waals surface area (Å²) in [6.45, 7) is 1.02. The maximum Gasteiger partial charge on any atom is 0.150 e. The third-order valence-corrected chi connectivity index (χ3v) is 3.74. The lowest BCUT2D eigenvalue weighted by molar-refractivity contribution is 0.112. The molecule has 0 spiro atoms. The number of aldehydes is 1. The second-order valence-corrected chi connectivity index (χ2v) is 5.20. The van der Waals surface area contributed by atoms with Crippen LogP contribution in [0.5, 0.6) is 0 Å². The van der Waals surface area contributed by atoms with Crippen LogP contribution in [-0.2, 0) is 19.3 Å². The van der Waals surface area contributed by atoms with E-state index in [9.17, 15) is 4.79 Å². The predicted octanol–water partition coefficient (Wildman–Crippen LogP) is 3.04. The van der Waals surface area contributed by atoms with Crippen LogP contribution in [0.1, 0.15) is 33.6 Å². The highest BCUT2D eigenvalue weighted by Crippen LogP contribution is 2.20. The van der Waals surface area contributed by atoms with Crippen LogP contribution in [-0.4, -0.2) is 17.8 Å². The van der Waals surface area contributed by atoms with Gasteiger partial charge >= 0.3 is 0 Å². The number of benzene rings is 1. The van der Waals surface area contributed by atoms with Crippen LogP contribution < -0.4 is 5.32 Å². The van der Waals surface area contributed by atoms with Crippen molar-refractivity contribution in [2.24, 2.45) is 0 Å². The second kappa shape index (κ2) is 5.87. The number of pyridine rings is 1. The Labute approximate surface area is 119 Å². The Morgan fingerprint density at radius 1 is 1.10 bits per heavy atom. The van der Waals surface area contributed by atoms with Crippen molar-refractivity contribution in [1.82, 2.24) is 4.98 Å². The normalized spacial score (nSPS) is 13.4. The zero-order valence-corrected chi connectivity index (χ0v) is 11.4. The summed E-state index contributed by atoms with van der Waals surface area (Å²) in [5.41, 5.74) is 4.42. The molecule has 102 valence electrons. The Balaban J connectivity index is 1.66. The molecule has 0 fully saturated rings. The molecule has 0 radical (unpaired) electrons. The number of hydrogen-bond acceptors (Lipinski definition) is 3. The van der Waals surface area contributed by atoms with Gasteiger partial charge in [-0.2, -0.15) is 0 Å². The van der Waals surface area contributed by atoms with Gasteiger partial charge in [-0.25, -0.2) is 4.98 Å². The summed E-state index contributed by atoms with van der Waals surface area (Å²) in [6.07, 6.45) is 5.07. The van der Waals surface area contributed by atoms with Gasteiger partial charge in [-0.3, -0.25) is 4.79 Å². The standard InChI is InChI=1S/C17H18N2O/c20-12-14-5-3-13(4-6-14)7-9-16-10-8-15-2-1-11-18-17(15)19-16/h3-6,8,10,12H,1-2,7,9,11H2,(H,18,19). The summed E-state index contributed by atoms with van der Waals surface area (Å²) in [5.74, 6) is 1.06. The van der Waals surface area contributed by atoms with Gasteiger partial charge in [-0.15, -0.1) is 0 Å². The number of carbonyl (C=O) groups is 1. The van der Waals surface area contributed by atoms with Gasteiger partial charge in [0.15, 0.2) is 0 Å². The maximum atomic E-state index is 10.6. The van der Waals surface area contributed by atoms with E-state index in [4.69, 9.17) is 4.98 Å². The van der Waals surface area contributed by atoms with Gasteiger partial charge in [0.05, 0.1) is 0 Å². The maximum absolute atomic E-state index is 10.6. The van der Waals surface area contributed by atoms with E-state index >= 15 is 0 Å². The number of hydrogen-bond donors (Lipinski definition) is 1. The zero-order chi connectivity index (χ0) is 13.8. The SMILES string of the molecule is O=Cc1ccc(CCc2ccc3c(n2)NCCC3)cc1. The fraction of sp³-hybridized carbons (Fsp3) is 0.294. The number of anilines is 1. The minimum atomic E-state index is 0.727. The lowest BCUT2D eigenvalue weighted by atomic mass is 10.0. The van der Waals surface area contributed by atoms with Crippen molar-refractivity contribution in [3.8, 4) is 0 Å². The van der Waals surface area contributed by atoms with E-state index in [1.54, 1.807) is 0 Å². The molecule has 3 nitrogen and oxygen atoms in total. The largest absolute Gasteiger partial charge is 0.370 e. The summed E-state index contributed by atoms with van der Waals surface area (Å²) in [5, 5.41) is 3.37. The number of rotatable bonds is 4. The molecule has 0 amide bonds. The van der Waals surface area contributed by atoms with E-state index < -0.39 is 0 Å². The van der Waals surface area contributed by atoms with Crippen LogP contribution in [0.3, 0.4) is 0 Å². The minimum Gasteiger partial charge on any atom is -0.370 e. The Kier molecular flexibility index (Phi) is 3.77. The highest BCUT2D eigenvalue weighted by Gasteiger charge is 2.10. The first-order valence-electron chi connectivity index (χ1n) is 7.12. The van der Waals surface area contributed by atoms with Gasteiger partial charge < -0.3 is 5.32 Å². The van der Waals surface area contributed by atoms with Crippen LogP contribution in [0, 0.1) is 0 Å². The Bertz CT molecular complexity index is 605. The predicted molar refractivity (Wildman–Crippen MR) is 80.3 cm³/mol. The highest BCUT2D eigenvalue weighted by atomic mass is 16.1. The molecule has 2 heterocycles. The molecule has 2 aromatic rings. The Morgan fingerprint density at radius 3 is 2.75 bits per heavy atom. The van der Waals surface area contributed by atoms with Gasteiger partial charge in [-0.1, -0.05) is 30.3 Å². The van der Waals surface area contributed by atoms with Gasteiger partial charge in [-0.05, 0) is 42.9 Å². The third-order valence-electron chi connectivity index (χ3n) is 3.74. The third kappa shape index (κ3) is 2.87. The quantitative estimate of drug-likeness (QED) is 0.865. The van der Waals surface area contributed by atoms with E-state index in [2.05, 4.69) is 17.4 Å². The van der Waals surface area contributed by atoms with E-state index in [0.717, 1.165) is 49.2 Å². The molecule has 1 aromatic carbocycles. The van der Waals surface area contributed by atoms with E-state index in [0.29, 0.717) is 0 Å². The molecule has 0 unspecified atom stereocenters. The first-order valence-corrected chi connectivity index (χ1v) is 7.12. The molecule has 0 saturated carbocycles. The topological polar surface area (TPSA) is 42.0 Å². The molecule has 20 heavy (non-hydrogen) atoms. The zero-order valence-electron chi connectivity index (χ0n) is 11.4. The minimum absolute atomic E-state index is 0.727. The van der Waals surface area contributed by atoms with E-state index in [-0.39, 0.29) is 0 Å². The number of aryl methyl sites for hydroxylation is 3. The number of fused-ring (bicyclic) bond motifs is 1. The number of nitrogens with one attached hydrogen (secondary N) is 1. The van der Waals surface area contributed by atoms with E-state index in [1.807, 2.05) is 24.3 Å². The summed E-state index contributed by atoms with van der Waals surface area (Å²) in [4.78, 5) is 15.3. The molecular formula is C17H18N2O. The van der Waals surface area contributed by atoms with Crippen molar-refractivity contribution in [2.75, 3.05) is 11.9 Å². The molecule has 0 saturated heterocycles. The second-order valence-electron chi connectivity index (χ2n) is 5.20. The molecule has 1 N–H and O–H groups in total. The lowest BCUT2D eigenvalue weighted by Gasteiger charge is -2.17. The molecule has 3 heteroatoms. The summed E-state index contributed by atoms with van der Waals surface area (Å²) in [6, 6.07) is 12.1. The van der Waals surface area contributed by atoms with Crippen molar-refractivity contribution in [1.29, 1.82) is 0 Å². The number of aromatic nitrogens is 1. The fourth-order valence-electron chi connectivity index (χ4n) is 2.54. The van der Waals surface area contributed by atoms with Crippen molar-refractivity contribution >= 4 is 12.1 Å². The summed E-state index contributed by atoms with van der Waals surface area (Å²) >= 11 is 0. The average Bonchev–Trinajstić information content (AvgIpc) is 2.53.